The molecule has 0 fully saturated rings. The van der Waals surface area contributed by atoms with Crippen molar-refractivity contribution in [1.82, 2.24) is 4.98 Å². The number of rotatable bonds is 5. The van der Waals surface area contributed by atoms with Crippen LogP contribution in [0.5, 0.6) is 0 Å². The van der Waals surface area contributed by atoms with Crippen LogP contribution in [0.1, 0.15) is 30.0 Å². The fraction of sp³-hybridized carbons (Fsp3) is 0.120. The van der Waals surface area contributed by atoms with Gasteiger partial charge in [-0.25, -0.2) is 4.39 Å². The van der Waals surface area contributed by atoms with E-state index in [1.807, 2.05) is 37.3 Å². The molecule has 3 aromatic rings. The number of aromatic nitrogens is 1. The summed E-state index contributed by atoms with van der Waals surface area (Å²) in [6.07, 6.45) is 7.01. The first-order chi connectivity index (χ1) is 14.9. The standard InChI is InChI=1S/C25H21FN2O2S/c1-16-22(12-17-5-8-20(9-6-17)31(2)30)21-10-7-18(26)13-24(21)23(16)14-25(29)28-19-4-3-11-27-15-19/h3-13,15H,14H2,1-2H3,(H,28,29). The zero-order chi connectivity index (χ0) is 22.0. The van der Waals surface area contributed by atoms with Gasteiger partial charge in [-0.05, 0) is 82.8 Å². The maximum Gasteiger partial charge on any atom is 0.228 e. The number of benzene rings is 2. The van der Waals surface area contributed by atoms with Gasteiger partial charge in [-0.3, -0.25) is 14.0 Å². The van der Waals surface area contributed by atoms with Crippen LogP contribution in [0.3, 0.4) is 0 Å². The number of halogens is 1. The molecule has 1 aromatic heterocycles. The summed E-state index contributed by atoms with van der Waals surface area (Å²) in [5, 5.41) is 2.84. The first-order valence-corrected chi connectivity index (χ1v) is 11.3. The summed E-state index contributed by atoms with van der Waals surface area (Å²) in [5.74, 6) is -0.527. The van der Waals surface area contributed by atoms with Gasteiger partial charge in [0.1, 0.15) is 5.82 Å². The highest BCUT2D eigenvalue weighted by molar-refractivity contribution is 7.84. The molecule has 0 saturated heterocycles. The predicted molar refractivity (Wildman–Crippen MR) is 123 cm³/mol. The van der Waals surface area contributed by atoms with Crippen molar-refractivity contribution in [3.05, 3.63) is 95.1 Å². The zero-order valence-electron chi connectivity index (χ0n) is 17.2. The molecule has 1 unspecified atom stereocenters. The van der Waals surface area contributed by atoms with E-state index in [2.05, 4.69) is 10.3 Å². The van der Waals surface area contributed by atoms with Gasteiger partial charge in [0.05, 0.1) is 18.3 Å². The number of allylic oxidation sites excluding steroid dienone is 2. The second-order valence-electron chi connectivity index (χ2n) is 7.34. The average Bonchev–Trinajstić information content (AvgIpc) is 3.00. The lowest BCUT2D eigenvalue weighted by Gasteiger charge is -2.08. The minimum Gasteiger partial charge on any atom is -0.324 e. The second kappa shape index (κ2) is 8.78. The molecule has 1 heterocycles. The first kappa shape index (κ1) is 20.9. The van der Waals surface area contributed by atoms with Crippen molar-refractivity contribution in [2.75, 3.05) is 11.6 Å². The normalized spacial score (nSPS) is 15.1. The topological polar surface area (TPSA) is 59.1 Å². The minimum absolute atomic E-state index is 0.127. The zero-order valence-corrected chi connectivity index (χ0v) is 18.0. The molecular formula is C25H21FN2O2S. The molecular weight excluding hydrogens is 411 g/mol. The second-order valence-corrected chi connectivity index (χ2v) is 8.72. The highest BCUT2D eigenvalue weighted by atomic mass is 32.2. The number of fused-ring (bicyclic) bond motifs is 1. The third-order valence-corrected chi connectivity index (χ3v) is 6.20. The molecule has 1 aliphatic carbocycles. The van der Waals surface area contributed by atoms with Gasteiger partial charge in [0.2, 0.25) is 5.91 Å². The van der Waals surface area contributed by atoms with E-state index < -0.39 is 10.8 Å². The van der Waals surface area contributed by atoms with E-state index in [1.54, 1.807) is 36.8 Å². The molecule has 1 N–H and O–H groups in total. The Morgan fingerprint density at radius 2 is 1.90 bits per heavy atom. The van der Waals surface area contributed by atoms with Gasteiger partial charge in [0, 0.05) is 28.1 Å². The van der Waals surface area contributed by atoms with Crippen molar-refractivity contribution in [2.24, 2.45) is 0 Å². The van der Waals surface area contributed by atoms with Crippen molar-refractivity contribution < 1.29 is 13.4 Å². The van der Waals surface area contributed by atoms with Crippen LogP contribution in [0.2, 0.25) is 0 Å². The maximum absolute atomic E-state index is 14.0. The summed E-state index contributed by atoms with van der Waals surface area (Å²) in [7, 11) is -1.04. The van der Waals surface area contributed by atoms with Gasteiger partial charge in [0.25, 0.3) is 0 Å². The molecule has 0 radical (unpaired) electrons. The van der Waals surface area contributed by atoms with Crippen LogP contribution in [0.25, 0.3) is 17.2 Å². The Kier molecular flexibility index (Phi) is 5.91. The van der Waals surface area contributed by atoms with E-state index in [4.69, 9.17) is 0 Å². The number of carbonyl (C=O) groups is 1. The van der Waals surface area contributed by atoms with Crippen LogP contribution in [0.4, 0.5) is 10.1 Å². The monoisotopic (exact) mass is 432 g/mol. The van der Waals surface area contributed by atoms with E-state index >= 15 is 0 Å². The Morgan fingerprint density at radius 1 is 1.13 bits per heavy atom. The molecule has 2 aromatic carbocycles. The van der Waals surface area contributed by atoms with Crippen LogP contribution in [-0.4, -0.2) is 21.4 Å². The molecule has 1 aliphatic rings. The minimum atomic E-state index is -1.04. The molecule has 0 aliphatic heterocycles. The Hall–Kier alpha value is -3.38. The van der Waals surface area contributed by atoms with Crippen LogP contribution in [0.15, 0.2) is 77.5 Å². The van der Waals surface area contributed by atoms with Crippen molar-refractivity contribution in [3.63, 3.8) is 0 Å². The molecule has 6 heteroatoms. The van der Waals surface area contributed by atoms with Gasteiger partial charge in [-0.1, -0.05) is 18.2 Å². The fourth-order valence-electron chi connectivity index (χ4n) is 3.71. The van der Waals surface area contributed by atoms with Crippen molar-refractivity contribution in [2.45, 2.75) is 18.2 Å². The van der Waals surface area contributed by atoms with E-state index in [-0.39, 0.29) is 18.1 Å². The van der Waals surface area contributed by atoms with Crippen LogP contribution >= 0.6 is 0 Å². The first-order valence-electron chi connectivity index (χ1n) is 9.78. The molecule has 156 valence electrons. The summed E-state index contributed by atoms with van der Waals surface area (Å²) >= 11 is 0. The van der Waals surface area contributed by atoms with Gasteiger partial charge >= 0.3 is 0 Å². The third kappa shape index (κ3) is 4.54. The van der Waals surface area contributed by atoms with Crippen molar-refractivity contribution in [1.29, 1.82) is 0 Å². The molecule has 1 amide bonds. The number of pyridine rings is 1. The third-order valence-electron chi connectivity index (χ3n) is 5.26. The van der Waals surface area contributed by atoms with Gasteiger partial charge in [-0.2, -0.15) is 0 Å². The highest BCUT2D eigenvalue weighted by Crippen LogP contribution is 2.44. The molecule has 4 nitrogen and oxygen atoms in total. The fourth-order valence-corrected chi connectivity index (χ4v) is 4.23. The quantitative estimate of drug-likeness (QED) is 0.594. The van der Waals surface area contributed by atoms with E-state index in [0.29, 0.717) is 5.69 Å². The van der Waals surface area contributed by atoms with Crippen molar-refractivity contribution >= 4 is 39.6 Å². The lowest BCUT2D eigenvalue weighted by Crippen LogP contribution is -2.12. The van der Waals surface area contributed by atoms with E-state index in [9.17, 15) is 13.4 Å². The van der Waals surface area contributed by atoms with Gasteiger partial charge in [-0.15, -0.1) is 0 Å². The van der Waals surface area contributed by atoms with E-state index in [1.165, 1.54) is 12.1 Å². The van der Waals surface area contributed by atoms with Crippen LogP contribution in [0, 0.1) is 5.82 Å². The Bertz CT molecular complexity index is 1230. The average molecular weight is 433 g/mol. The lowest BCUT2D eigenvalue weighted by atomic mass is 10.0. The molecule has 31 heavy (non-hydrogen) atoms. The maximum atomic E-state index is 14.0. The number of hydrogen-bond donors (Lipinski definition) is 1. The molecule has 1 atom stereocenters. The highest BCUT2D eigenvalue weighted by Gasteiger charge is 2.25. The number of nitrogens with one attached hydrogen (secondary N) is 1. The molecule has 0 spiro atoms. The summed E-state index contributed by atoms with van der Waals surface area (Å²) in [5.41, 5.74) is 5.87. The number of amides is 1. The lowest BCUT2D eigenvalue weighted by molar-refractivity contribution is -0.115. The largest absolute Gasteiger partial charge is 0.324 e. The van der Waals surface area contributed by atoms with Crippen LogP contribution < -0.4 is 5.32 Å². The SMILES string of the molecule is CC1=C(CC(=O)Nc2cccnc2)c2cc(F)ccc2C1=Cc1ccc(S(C)=O)cc1. The van der Waals surface area contributed by atoms with Gasteiger partial charge in [0.15, 0.2) is 0 Å². The molecule has 0 saturated carbocycles. The summed E-state index contributed by atoms with van der Waals surface area (Å²) in [6.45, 7) is 1.95. The van der Waals surface area contributed by atoms with Gasteiger partial charge < -0.3 is 5.32 Å². The van der Waals surface area contributed by atoms with E-state index in [0.717, 1.165) is 38.3 Å². The summed E-state index contributed by atoms with van der Waals surface area (Å²) in [6, 6.07) is 15.7. The molecule has 4 rings (SSSR count). The Morgan fingerprint density at radius 3 is 2.58 bits per heavy atom. The Balaban J connectivity index is 1.69. The van der Waals surface area contributed by atoms with Crippen LogP contribution in [-0.2, 0) is 15.6 Å². The summed E-state index contributed by atoms with van der Waals surface area (Å²) in [4.78, 5) is 17.4. The van der Waals surface area contributed by atoms with Crippen molar-refractivity contribution in [3.8, 4) is 0 Å². The Labute approximate surface area is 183 Å². The number of hydrogen-bond acceptors (Lipinski definition) is 3. The number of anilines is 1. The summed E-state index contributed by atoms with van der Waals surface area (Å²) < 4.78 is 25.7. The predicted octanol–water partition coefficient (Wildman–Crippen LogP) is 5.31. The smallest absolute Gasteiger partial charge is 0.228 e. The molecule has 0 bridgehead atoms. The number of carbonyl (C=O) groups excluding carboxylic acids is 1. The number of nitrogens with zero attached hydrogens (tertiary/aromatic N) is 1.